The van der Waals surface area contributed by atoms with Crippen molar-refractivity contribution in [3.63, 3.8) is 0 Å². The summed E-state index contributed by atoms with van der Waals surface area (Å²) in [6, 6.07) is 0. The Morgan fingerprint density at radius 2 is 1.80 bits per heavy atom. The molecule has 1 unspecified atom stereocenters. The Kier molecular flexibility index (Phi) is 4.60. The second-order valence-electron chi connectivity index (χ2n) is 5.89. The van der Waals surface area contributed by atoms with Crippen molar-refractivity contribution < 1.29 is 0 Å². The van der Waals surface area contributed by atoms with Crippen molar-refractivity contribution in [2.45, 2.75) is 40.5 Å². The maximum Gasteiger partial charge on any atom is 0.00104 e. The van der Waals surface area contributed by atoms with Gasteiger partial charge >= 0.3 is 0 Å². The molecule has 1 rings (SSSR count). The van der Waals surface area contributed by atoms with E-state index in [1.807, 2.05) is 0 Å². The van der Waals surface area contributed by atoms with Crippen molar-refractivity contribution in [1.82, 2.24) is 5.32 Å². The number of hydrogen-bond donors (Lipinski definition) is 2. The van der Waals surface area contributed by atoms with E-state index >= 15 is 0 Å². The third-order valence-electron chi connectivity index (χ3n) is 4.25. The van der Waals surface area contributed by atoms with E-state index < -0.39 is 0 Å². The number of hydrogen-bond acceptors (Lipinski definition) is 2. The Balaban J connectivity index is 2.21. The Morgan fingerprint density at radius 3 is 2.13 bits per heavy atom. The summed E-state index contributed by atoms with van der Waals surface area (Å²) in [7, 11) is 0. The average Bonchev–Trinajstić information content (AvgIpc) is 2.93. The first-order chi connectivity index (χ1) is 7.02. The SMILES string of the molecule is CC(C)C(CN)CNCC1(C(C)C)CC1. The standard InChI is InChI=1S/C13H28N2/c1-10(2)12(7-14)8-15-9-13(5-6-13)11(3)4/h10-12,15H,5-9,14H2,1-4H3. The van der Waals surface area contributed by atoms with E-state index in [0.717, 1.165) is 19.0 Å². The van der Waals surface area contributed by atoms with Gasteiger partial charge in [-0.05, 0) is 49.1 Å². The Hall–Kier alpha value is -0.0800. The van der Waals surface area contributed by atoms with Gasteiger partial charge in [0.15, 0.2) is 0 Å². The van der Waals surface area contributed by atoms with Gasteiger partial charge in [0.25, 0.3) is 0 Å². The highest BCUT2D eigenvalue weighted by Crippen LogP contribution is 2.51. The summed E-state index contributed by atoms with van der Waals surface area (Å²) in [5.41, 5.74) is 6.38. The molecule has 90 valence electrons. The minimum Gasteiger partial charge on any atom is -0.330 e. The van der Waals surface area contributed by atoms with Gasteiger partial charge < -0.3 is 11.1 Å². The third kappa shape index (κ3) is 3.46. The highest BCUT2D eigenvalue weighted by atomic mass is 14.9. The van der Waals surface area contributed by atoms with Gasteiger partial charge in [-0.2, -0.15) is 0 Å². The minimum absolute atomic E-state index is 0.621. The molecule has 3 N–H and O–H groups in total. The molecular formula is C13H28N2. The fraction of sp³-hybridized carbons (Fsp3) is 1.00. The lowest BCUT2D eigenvalue weighted by Gasteiger charge is -2.24. The summed E-state index contributed by atoms with van der Waals surface area (Å²) in [4.78, 5) is 0. The Bertz CT molecular complexity index is 183. The summed E-state index contributed by atoms with van der Waals surface area (Å²) in [6.45, 7) is 12.3. The van der Waals surface area contributed by atoms with Crippen LogP contribution in [0.25, 0.3) is 0 Å². The second-order valence-corrected chi connectivity index (χ2v) is 5.89. The normalized spacial score (nSPS) is 21.0. The molecule has 0 aromatic rings. The zero-order valence-corrected chi connectivity index (χ0v) is 10.8. The number of nitrogens with one attached hydrogen (secondary N) is 1. The fourth-order valence-electron chi connectivity index (χ4n) is 2.22. The Morgan fingerprint density at radius 1 is 1.20 bits per heavy atom. The van der Waals surface area contributed by atoms with Crippen molar-refractivity contribution in [3.05, 3.63) is 0 Å². The van der Waals surface area contributed by atoms with Crippen LogP contribution in [0.1, 0.15) is 40.5 Å². The molecule has 0 saturated heterocycles. The van der Waals surface area contributed by atoms with Crippen molar-refractivity contribution >= 4 is 0 Å². The summed E-state index contributed by atoms with van der Waals surface area (Å²) < 4.78 is 0. The molecule has 1 saturated carbocycles. The van der Waals surface area contributed by atoms with Gasteiger partial charge in [-0.1, -0.05) is 27.7 Å². The molecule has 1 aliphatic rings. The van der Waals surface area contributed by atoms with Gasteiger partial charge in [0.05, 0.1) is 0 Å². The van der Waals surface area contributed by atoms with Gasteiger partial charge in [0, 0.05) is 6.54 Å². The molecule has 2 nitrogen and oxygen atoms in total. The van der Waals surface area contributed by atoms with Crippen LogP contribution in [-0.4, -0.2) is 19.6 Å². The van der Waals surface area contributed by atoms with E-state index in [9.17, 15) is 0 Å². The van der Waals surface area contributed by atoms with Crippen molar-refractivity contribution in [2.75, 3.05) is 19.6 Å². The largest absolute Gasteiger partial charge is 0.330 e. The van der Waals surface area contributed by atoms with E-state index in [1.54, 1.807) is 0 Å². The zero-order valence-electron chi connectivity index (χ0n) is 10.8. The summed E-state index contributed by atoms with van der Waals surface area (Å²) in [5.74, 6) is 2.14. The van der Waals surface area contributed by atoms with Crippen LogP contribution in [0, 0.1) is 23.2 Å². The maximum absolute atomic E-state index is 5.76. The first kappa shape index (κ1) is 13.0. The van der Waals surface area contributed by atoms with Crippen LogP contribution < -0.4 is 11.1 Å². The van der Waals surface area contributed by atoms with Crippen molar-refractivity contribution in [2.24, 2.45) is 28.9 Å². The molecule has 0 amide bonds. The summed E-state index contributed by atoms with van der Waals surface area (Å²) in [5, 5.41) is 3.62. The van der Waals surface area contributed by atoms with Gasteiger partial charge in [0.1, 0.15) is 0 Å². The molecule has 1 aliphatic carbocycles. The van der Waals surface area contributed by atoms with E-state index in [1.165, 1.54) is 19.4 Å². The number of nitrogens with two attached hydrogens (primary N) is 1. The molecule has 15 heavy (non-hydrogen) atoms. The monoisotopic (exact) mass is 212 g/mol. The molecule has 1 atom stereocenters. The van der Waals surface area contributed by atoms with E-state index in [-0.39, 0.29) is 0 Å². The Labute approximate surface area is 95.0 Å². The highest BCUT2D eigenvalue weighted by molar-refractivity contribution is 4.97. The highest BCUT2D eigenvalue weighted by Gasteiger charge is 2.44. The molecule has 0 aliphatic heterocycles. The zero-order chi connectivity index (χ0) is 11.5. The topological polar surface area (TPSA) is 38.0 Å². The number of rotatable bonds is 7. The molecule has 0 radical (unpaired) electrons. The van der Waals surface area contributed by atoms with Crippen LogP contribution in [0.3, 0.4) is 0 Å². The fourth-order valence-corrected chi connectivity index (χ4v) is 2.22. The summed E-state index contributed by atoms with van der Waals surface area (Å²) in [6.07, 6.45) is 2.82. The van der Waals surface area contributed by atoms with Gasteiger partial charge in [0.2, 0.25) is 0 Å². The van der Waals surface area contributed by atoms with Crippen LogP contribution in [-0.2, 0) is 0 Å². The first-order valence-corrected chi connectivity index (χ1v) is 6.42. The minimum atomic E-state index is 0.621. The molecule has 0 aromatic heterocycles. The molecule has 0 bridgehead atoms. The van der Waals surface area contributed by atoms with Gasteiger partial charge in [-0.25, -0.2) is 0 Å². The lowest BCUT2D eigenvalue weighted by molar-refractivity contribution is 0.307. The lowest BCUT2D eigenvalue weighted by Crippen LogP contribution is -2.36. The van der Waals surface area contributed by atoms with Crippen LogP contribution in [0.15, 0.2) is 0 Å². The third-order valence-corrected chi connectivity index (χ3v) is 4.25. The maximum atomic E-state index is 5.76. The van der Waals surface area contributed by atoms with Crippen LogP contribution in [0.5, 0.6) is 0 Å². The molecule has 1 fully saturated rings. The molecule has 2 heteroatoms. The van der Waals surface area contributed by atoms with E-state index in [0.29, 0.717) is 17.3 Å². The lowest BCUT2D eigenvalue weighted by atomic mass is 9.91. The quantitative estimate of drug-likeness (QED) is 0.679. The van der Waals surface area contributed by atoms with E-state index in [2.05, 4.69) is 33.0 Å². The van der Waals surface area contributed by atoms with Crippen LogP contribution in [0.4, 0.5) is 0 Å². The summed E-state index contributed by atoms with van der Waals surface area (Å²) >= 11 is 0. The average molecular weight is 212 g/mol. The van der Waals surface area contributed by atoms with Crippen LogP contribution in [0.2, 0.25) is 0 Å². The predicted octanol–water partition coefficient (Wildman–Crippen LogP) is 2.24. The predicted molar refractivity (Wildman–Crippen MR) is 66.8 cm³/mol. The van der Waals surface area contributed by atoms with Crippen LogP contribution >= 0.6 is 0 Å². The first-order valence-electron chi connectivity index (χ1n) is 6.42. The van der Waals surface area contributed by atoms with Crippen molar-refractivity contribution in [1.29, 1.82) is 0 Å². The van der Waals surface area contributed by atoms with E-state index in [4.69, 9.17) is 5.73 Å². The van der Waals surface area contributed by atoms with Gasteiger partial charge in [-0.15, -0.1) is 0 Å². The van der Waals surface area contributed by atoms with Crippen molar-refractivity contribution in [3.8, 4) is 0 Å². The molecule has 0 aromatic carbocycles. The molecule has 0 heterocycles. The molecule has 0 spiro atoms. The smallest absolute Gasteiger partial charge is 0.00104 e. The van der Waals surface area contributed by atoms with Gasteiger partial charge in [-0.3, -0.25) is 0 Å². The molecular weight excluding hydrogens is 184 g/mol. The second kappa shape index (κ2) is 5.31.